The highest BCUT2D eigenvalue weighted by Gasteiger charge is 2.63. The first-order chi connectivity index (χ1) is 9.70. The van der Waals surface area contributed by atoms with Crippen molar-refractivity contribution in [3.63, 3.8) is 0 Å². The van der Waals surface area contributed by atoms with Gasteiger partial charge in [-0.1, -0.05) is 25.5 Å². The predicted molar refractivity (Wildman–Crippen MR) is 77.8 cm³/mol. The molecule has 2 heteroatoms. The minimum absolute atomic E-state index is 0.123. The number of fused-ring (bicyclic) bond motifs is 9. The van der Waals surface area contributed by atoms with Gasteiger partial charge in [0.25, 0.3) is 0 Å². The fourth-order valence-corrected chi connectivity index (χ4v) is 6.66. The van der Waals surface area contributed by atoms with Crippen LogP contribution in [0.25, 0.3) is 0 Å². The second kappa shape index (κ2) is 4.61. The van der Waals surface area contributed by atoms with Gasteiger partial charge >= 0.3 is 5.97 Å². The molecule has 8 atom stereocenters. The van der Waals surface area contributed by atoms with Gasteiger partial charge in [0.05, 0.1) is 6.61 Å². The van der Waals surface area contributed by atoms with Gasteiger partial charge in [0, 0.05) is 6.92 Å². The average Bonchev–Trinajstić information content (AvgIpc) is 3.15. The number of carbonyl (C=O) groups excluding carboxylic acids is 1. The summed E-state index contributed by atoms with van der Waals surface area (Å²) in [5.41, 5.74) is 0. The second-order valence-corrected chi connectivity index (χ2v) is 7.53. The SMILES string of the molecule is CCC1C(CCOC(C)=O)C2CC1C1C3C=CC(C3)C21. The molecular weight excluding hydrogens is 248 g/mol. The molecule has 0 radical (unpaired) electrons. The predicted octanol–water partition coefficient (Wildman–Crippen LogP) is 3.67. The Morgan fingerprint density at radius 1 is 1.10 bits per heavy atom. The van der Waals surface area contributed by atoms with E-state index in [-0.39, 0.29) is 5.97 Å². The van der Waals surface area contributed by atoms with Crippen LogP contribution in [0, 0.1) is 47.3 Å². The molecule has 110 valence electrons. The van der Waals surface area contributed by atoms with Crippen LogP contribution >= 0.6 is 0 Å². The van der Waals surface area contributed by atoms with Crippen LogP contribution in [-0.2, 0) is 9.53 Å². The van der Waals surface area contributed by atoms with E-state index in [1.807, 2.05) is 0 Å². The van der Waals surface area contributed by atoms with Crippen LogP contribution in [0.2, 0.25) is 0 Å². The van der Waals surface area contributed by atoms with Crippen molar-refractivity contribution in [2.75, 3.05) is 6.61 Å². The summed E-state index contributed by atoms with van der Waals surface area (Å²) >= 11 is 0. The molecule has 0 N–H and O–H groups in total. The zero-order chi connectivity index (χ0) is 13.9. The van der Waals surface area contributed by atoms with Gasteiger partial charge in [0.1, 0.15) is 0 Å². The highest BCUT2D eigenvalue weighted by molar-refractivity contribution is 5.65. The van der Waals surface area contributed by atoms with Crippen molar-refractivity contribution in [1.29, 1.82) is 0 Å². The molecule has 20 heavy (non-hydrogen) atoms. The molecule has 0 amide bonds. The maximum absolute atomic E-state index is 11.0. The van der Waals surface area contributed by atoms with Crippen LogP contribution in [0.5, 0.6) is 0 Å². The third-order valence-electron chi connectivity index (χ3n) is 6.99. The van der Waals surface area contributed by atoms with Gasteiger partial charge in [-0.25, -0.2) is 0 Å². The quantitative estimate of drug-likeness (QED) is 0.444. The van der Waals surface area contributed by atoms with Crippen LogP contribution < -0.4 is 0 Å². The molecule has 3 saturated carbocycles. The number of rotatable bonds is 4. The van der Waals surface area contributed by atoms with Crippen LogP contribution in [-0.4, -0.2) is 12.6 Å². The van der Waals surface area contributed by atoms with Gasteiger partial charge in [-0.05, 0) is 66.6 Å². The normalized spacial score (nSPS) is 50.7. The molecule has 4 aliphatic carbocycles. The third kappa shape index (κ3) is 1.66. The van der Waals surface area contributed by atoms with E-state index in [4.69, 9.17) is 4.74 Å². The molecule has 3 fully saturated rings. The number of esters is 1. The summed E-state index contributed by atoms with van der Waals surface area (Å²) in [6.07, 6.45) is 10.4. The van der Waals surface area contributed by atoms with E-state index in [2.05, 4.69) is 19.1 Å². The smallest absolute Gasteiger partial charge is 0.302 e. The maximum Gasteiger partial charge on any atom is 0.302 e. The van der Waals surface area contributed by atoms with E-state index in [1.165, 1.54) is 26.2 Å². The minimum atomic E-state index is -0.123. The fourth-order valence-electron chi connectivity index (χ4n) is 6.66. The van der Waals surface area contributed by atoms with Gasteiger partial charge in [-0.3, -0.25) is 4.79 Å². The average molecular weight is 274 g/mol. The first kappa shape index (κ1) is 12.9. The largest absolute Gasteiger partial charge is 0.466 e. The first-order valence-electron chi connectivity index (χ1n) is 8.52. The van der Waals surface area contributed by atoms with Gasteiger partial charge < -0.3 is 4.74 Å². The monoisotopic (exact) mass is 274 g/mol. The molecule has 0 spiro atoms. The molecule has 8 unspecified atom stereocenters. The minimum Gasteiger partial charge on any atom is -0.466 e. The fraction of sp³-hybridized carbons (Fsp3) is 0.833. The Morgan fingerprint density at radius 3 is 2.35 bits per heavy atom. The molecule has 0 heterocycles. The number of hydrogen-bond acceptors (Lipinski definition) is 2. The van der Waals surface area contributed by atoms with E-state index in [1.54, 1.807) is 0 Å². The summed E-state index contributed by atoms with van der Waals surface area (Å²) in [4.78, 5) is 11.0. The van der Waals surface area contributed by atoms with E-state index < -0.39 is 0 Å². The van der Waals surface area contributed by atoms with E-state index in [0.717, 1.165) is 53.8 Å². The van der Waals surface area contributed by atoms with E-state index in [9.17, 15) is 4.79 Å². The standard InChI is InChI=1S/C18H26O2/c1-3-13-14(6-7-20-10(2)19)16-9-15(13)17-11-4-5-12(8-11)18(16)17/h4-5,11-18H,3,6-9H2,1-2H3. The summed E-state index contributed by atoms with van der Waals surface area (Å²) in [7, 11) is 0. The van der Waals surface area contributed by atoms with Gasteiger partial charge in [0.2, 0.25) is 0 Å². The van der Waals surface area contributed by atoms with Crippen LogP contribution in [0.4, 0.5) is 0 Å². The van der Waals surface area contributed by atoms with Gasteiger partial charge in [0.15, 0.2) is 0 Å². The summed E-state index contributed by atoms with van der Waals surface area (Å²) in [6.45, 7) is 4.53. The topological polar surface area (TPSA) is 26.3 Å². The van der Waals surface area contributed by atoms with Gasteiger partial charge in [-0.15, -0.1) is 0 Å². The summed E-state index contributed by atoms with van der Waals surface area (Å²) < 4.78 is 5.22. The molecule has 0 aromatic rings. The maximum atomic E-state index is 11.0. The van der Waals surface area contributed by atoms with Crippen molar-refractivity contribution in [3.05, 3.63) is 12.2 Å². The Balaban J connectivity index is 1.50. The number of allylic oxidation sites excluding steroid dienone is 2. The van der Waals surface area contributed by atoms with Crippen molar-refractivity contribution < 1.29 is 9.53 Å². The zero-order valence-electron chi connectivity index (χ0n) is 12.6. The lowest BCUT2D eigenvalue weighted by Gasteiger charge is -2.41. The van der Waals surface area contributed by atoms with Crippen LogP contribution in [0.3, 0.4) is 0 Å². The highest BCUT2D eigenvalue weighted by atomic mass is 16.5. The molecule has 0 aromatic heterocycles. The van der Waals surface area contributed by atoms with Crippen LogP contribution in [0.1, 0.15) is 39.5 Å². The van der Waals surface area contributed by atoms with Crippen LogP contribution in [0.15, 0.2) is 12.2 Å². The lowest BCUT2D eigenvalue weighted by atomic mass is 9.63. The third-order valence-corrected chi connectivity index (χ3v) is 6.99. The molecule has 0 saturated heterocycles. The van der Waals surface area contributed by atoms with Crippen molar-refractivity contribution >= 4 is 5.97 Å². The Labute approximate surface area is 122 Å². The van der Waals surface area contributed by atoms with E-state index >= 15 is 0 Å². The number of hydrogen-bond donors (Lipinski definition) is 0. The Kier molecular flexibility index (Phi) is 2.98. The highest BCUT2D eigenvalue weighted by Crippen LogP contribution is 2.69. The molecule has 4 bridgehead atoms. The summed E-state index contributed by atoms with van der Waals surface area (Å²) in [6, 6.07) is 0. The van der Waals surface area contributed by atoms with Crippen molar-refractivity contribution in [3.8, 4) is 0 Å². The number of ether oxygens (including phenoxy) is 1. The van der Waals surface area contributed by atoms with Crippen molar-refractivity contribution in [2.45, 2.75) is 39.5 Å². The Hall–Kier alpha value is -0.790. The zero-order valence-corrected chi connectivity index (χ0v) is 12.6. The molecule has 0 aliphatic heterocycles. The Bertz CT molecular complexity index is 441. The lowest BCUT2D eigenvalue weighted by molar-refractivity contribution is -0.141. The van der Waals surface area contributed by atoms with Crippen molar-refractivity contribution in [2.24, 2.45) is 47.3 Å². The second-order valence-electron chi connectivity index (χ2n) is 7.53. The van der Waals surface area contributed by atoms with Gasteiger partial charge in [-0.2, -0.15) is 0 Å². The molecule has 0 aromatic carbocycles. The Morgan fingerprint density at radius 2 is 1.75 bits per heavy atom. The molecule has 2 nitrogen and oxygen atoms in total. The van der Waals surface area contributed by atoms with E-state index in [0.29, 0.717) is 6.61 Å². The summed E-state index contributed by atoms with van der Waals surface area (Å²) in [5.74, 6) is 7.25. The molecule has 4 aliphatic rings. The summed E-state index contributed by atoms with van der Waals surface area (Å²) in [5, 5.41) is 0. The lowest BCUT2D eigenvalue weighted by Crippen LogP contribution is -2.37. The number of carbonyl (C=O) groups is 1. The van der Waals surface area contributed by atoms with Crippen molar-refractivity contribution in [1.82, 2.24) is 0 Å². The molecule has 4 rings (SSSR count). The molecular formula is C18H26O2. The first-order valence-corrected chi connectivity index (χ1v) is 8.52.